The third-order valence-corrected chi connectivity index (χ3v) is 6.48. The summed E-state index contributed by atoms with van der Waals surface area (Å²) < 4.78 is 3.04. The molecule has 0 radical (unpaired) electrons. The summed E-state index contributed by atoms with van der Waals surface area (Å²) in [6.07, 6.45) is 3.95. The quantitative estimate of drug-likeness (QED) is 0.526. The van der Waals surface area contributed by atoms with Crippen LogP contribution in [0, 0.1) is 10.1 Å². The molecule has 1 saturated carbocycles. The summed E-state index contributed by atoms with van der Waals surface area (Å²) in [5, 5.41) is 15.0. The number of nitrogens with one attached hydrogen (secondary N) is 1. The zero-order valence-corrected chi connectivity index (χ0v) is 16.4. The predicted molar refractivity (Wildman–Crippen MR) is 101 cm³/mol. The number of nitrogens with two attached hydrogens (primary N) is 1. The van der Waals surface area contributed by atoms with E-state index in [-0.39, 0.29) is 11.7 Å². The Morgan fingerprint density at radius 3 is 2.67 bits per heavy atom. The molecule has 1 aliphatic rings. The molecular weight excluding hydrogens is 442 g/mol. The first-order valence-electron chi connectivity index (χ1n) is 7.97. The fraction of sp³-hybridized carbons (Fsp3) is 0.533. The number of rotatable bonds is 4. The van der Waals surface area contributed by atoms with Crippen molar-refractivity contribution in [1.82, 2.24) is 9.55 Å². The first kappa shape index (κ1) is 17.6. The van der Waals surface area contributed by atoms with Crippen LogP contribution in [0.4, 0.5) is 11.6 Å². The van der Waals surface area contributed by atoms with Gasteiger partial charge in [-0.2, -0.15) is 0 Å². The summed E-state index contributed by atoms with van der Waals surface area (Å²) in [7, 11) is 0. The molecule has 9 heteroatoms. The molecule has 1 aromatic heterocycles. The first-order chi connectivity index (χ1) is 11.4. The fourth-order valence-electron chi connectivity index (χ4n) is 3.23. The second kappa shape index (κ2) is 6.97. The highest BCUT2D eigenvalue weighted by Gasteiger charge is 2.27. The number of nitro groups is 1. The smallest absolute Gasteiger partial charge is 0.312 e. The van der Waals surface area contributed by atoms with Crippen molar-refractivity contribution in [1.29, 1.82) is 0 Å². The standard InChI is InChI=1S/C15H19Br2N5O2/c1-2-21-11-7-10(16)12(17)14(22(23)24)13(11)20-15(21)19-9-5-3-8(18)4-6-9/h7-9H,2-6,18H2,1H3,(H,19,20)/t8-,9-. The zero-order valence-electron chi connectivity index (χ0n) is 13.3. The van der Waals surface area contributed by atoms with Gasteiger partial charge >= 0.3 is 5.69 Å². The molecule has 0 spiro atoms. The van der Waals surface area contributed by atoms with Gasteiger partial charge in [0.05, 0.1) is 10.4 Å². The molecule has 3 rings (SSSR count). The summed E-state index contributed by atoms with van der Waals surface area (Å²) in [5.41, 5.74) is 7.09. The Labute approximate surface area is 156 Å². The monoisotopic (exact) mass is 459 g/mol. The van der Waals surface area contributed by atoms with Gasteiger partial charge in [0.25, 0.3) is 0 Å². The highest BCUT2D eigenvalue weighted by Crippen LogP contribution is 2.40. The summed E-state index contributed by atoms with van der Waals surface area (Å²) in [5.74, 6) is 0.682. The lowest BCUT2D eigenvalue weighted by Crippen LogP contribution is -2.33. The van der Waals surface area contributed by atoms with Crippen molar-refractivity contribution in [2.24, 2.45) is 5.73 Å². The molecule has 1 aliphatic carbocycles. The van der Waals surface area contributed by atoms with E-state index < -0.39 is 4.92 Å². The van der Waals surface area contributed by atoms with Crippen molar-refractivity contribution in [3.05, 3.63) is 25.1 Å². The van der Waals surface area contributed by atoms with Crippen molar-refractivity contribution < 1.29 is 4.92 Å². The Hall–Kier alpha value is -1.19. The van der Waals surface area contributed by atoms with Crippen LogP contribution in [0.25, 0.3) is 11.0 Å². The largest absolute Gasteiger partial charge is 0.353 e. The van der Waals surface area contributed by atoms with Crippen molar-refractivity contribution in [2.45, 2.75) is 51.2 Å². The van der Waals surface area contributed by atoms with Crippen LogP contribution < -0.4 is 11.1 Å². The summed E-state index contributed by atoms with van der Waals surface area (Å²) in [4.78, 5) is 15.6. The van der Waals surface area contributed by atoms with E-state index in [9.17, 15) is 10.1 Å². The molecule has 3 N–H and O–H groups in total. The van der Waals surface area contributed by atoms with Crippen LogP contribution in [0.5, 0.6) is 0 Å². The van der Waals surface area contributed by atoms with Crippen molar-refractivity contribution in [3.63, 3.8) is 0 Å². The van der Waals surface area contributed by atoms with Crippen LogP contribution in [-0.2, 0) is 6.54 Å². The Balaban J connectivity index is 2.05. The molecule has 24 heavy (non-hydrogen) atoms. The number of imidazole rings is 1. The van der Waals surface area contributed by atoms with Gasteiger partial charge < -0.3 is 15.6 Å². The van der Waals surface area contributed by atoms with E-state index in [2.05, 4.69) is 42.2 Å². The van der Waals surface area contributed by atoms with E-state index in [0.717, 1.165) is 31.2 Å². The van der Waals surface area contributed by atoms with Crippen LogP contribution in [0.1, 0.15) is 32.6 Å². The maximum atomic E-state index is 11.5. The van der Waals surface area contributed by atoms with Gasteiger partial charge in [0.1, 0.15) is 4.47 Å². The number of hydrogen-bond donors (Lipinski definition) is 2. The molecule has 1 fully saturated rings. The number of nitrogens with zero attached hydrogens (tertiary/aromatic N) is 3. The summed E-state index contributed by atoms with van der Waals surface area (Å²) in [6.45, 7) is 2.68. The SMILES string of the molecule is CCn1c(N[C@H]2CC[C@H](N)CC2)nc2c([N+](=O)[O-])c(Br)c(Br)cc21. The van der Waals surface area contributed by atoms with Gasteiger partial charge in [-0.05, 0) is 70.5 Å². The predicted octanol–water partition coefficient (Wildman–Crippen LogP) is 4.17. The first-order valence-corrected chi connectivity index (χ1v) is 9.55. The number of benzene rings is 1. The van der Waals surface area contributed by atoms with Crippen LogP contribution in [0.2, 0.25) is 0 Å². The van der Waals surface area contributed by atoms with Gasteiger partial charge in [0.2, 0.25) is 5.95 Å². The normalized spacial score (nSPS) is 21.2. The lowest BCUT2D eigenvalue weighted by molar-refractivity contribution is -0.384. The molecule has 7 nitrogen and oxygen atoms in total. The molecule has 0 bridgehead atoms. The zero-order chi connectivity index (χ0) is 17.4. The van der Waals surface area contributed by atoms with Gasteiger partial charge in [0.15, 0.2) is 5.52 Å². The maximum absolute atomic E-state index is 11.5. The van der Waals surface area contributed by atoms with Crippen LogP contribution in [0.3, 0.4) is 0 Å². The lowest BCUT2D eigenvalue weighted by atomic mass is 9.92. The summed E-state index contributed by atoms with van der Waals surface area (Å²) >= 11 is 6.68. The van der Waals surface area contributed by atoms with E-state index in [0.29, 0.717) is 33.0 Å². The number of aryl methyl sites for hydroxylation is 1. The molecule has 130 valence electrons. The lowest BCUT2D eigenvalue weighted by Gasteiger charge is -2.27. The minimum Gasteiger partial charge on any atom is -0.353 e. The fourth-order valence-corrected chi connectivity index (χ4v) is 4.08. The molecule has 0 aliphatic heterocycles. The van der Waals surface area contributed by atoms with Crippen LogP contribution in [-0.4, -0.2) is 26.6 Å². The molecule has 0 unspecified atom stereocenters. The highest BCUT2D eigenvalue weighted by molar-refractivity contribution is 9.13. The average molecular weight is 461 g/mol. The summed E-state index contributed by atoms with van der Waals surface area (Å²) in [6, 6.07) is 2.45. The third kappa shape index (κ3) is 3.16. The Bertz CT molecular complexity index is 784. The van der Waals surface area contributed by atoms with Gasteiger partial charge in [0, 0.05) is 23.1 Å². The van der Waals surface area contributed by atoms with Gasteiger partial charge in [-0.25, -0.2) is 4.98 Å². The van der Waals surface area contributed by atoms with Crippen LogP contribution >= 0.6 is 31.9 Å². The van der Waals surface area contributed by atoms with E-state index in [1.54, 1.807) is 0 Å². The highest BCUT2D eigenvalue weighted by atomic mass is 79.9. The molecular formula is C15H19Br2N5O2. The third-order valence-electron chi connectivity index (χ3n) is 4.52. The van der Waals surface area contributed by atoms with Crippen molar-refractivity contribution >= 4 is 54.5 Å². The van der Waals surface area contributed by atoms with E-state index in [1.165, 1.54) is 0 Å². The van der Waals surface area contributed by atoms with E-state index >= 15 is 0 Å². The number of aromatic nitrogens is 2. The van der Waals surface area contributed by atoms with Gasteiger partial charge in [-0.3, -0.25) is 10.1 Å². The average Bonchev–Trinajstić information content (AvgIpc) is 2.86. The molecule has 0 atom stereocenters. The number of halogens is 2. The number of anilines is 1. The topological polar surface area (TPSA) is 99.0 Å². The molecule has 0 amide bonds. The van der Waals surface area contributed by atoms with Crippen LogP contribution in [0.15, 0.2) is 15.0 Å². The number of fused-ring (bicyclic) bond motifs is 1. The molecule has 0 saturated heterocycles. The number of nitro benzene ring substituents is 1. The minimum atomic E-state index is -0.395. The van der Waals surface area contributed by atoms with Gasteiger partial charge in [-0.1, -0.05) is 0 Å². The minimum absolute atomic E-state index is 0.0136. The Morgan fingerprint density at radius 1 is 1.42 bits per heavy atom. The van der Waals surface area contributed by atoms with Crippen molar-refractivity contribution in [2.75, 3.05) is 5.32 Å². The Kier molecular flexibility index (Phi) is 5.12. The van der Waals surface area contributed by atoms with Gasteiger partial charge in [-0.15, -0.1) is 0 Å². The second-order valence-corrected chi connectivity index (χ2v) is 7.73. The molecule has 2 aromatic rings. The Morgan fingerprint density at radius 2 is 2.08 bits per heavy atom. The number of hydrogen-bond acceptors (Lipinski definition) is 5. The molecule has 1 aromatic carbocycles. The second-order valence-electron chi connectivity index (χ2n) is 6.08. The maximum Gasteiger partial charge on any atom is 0.312 e. The molecule has 1 heterocycles. The van der Waals surface area contributed by atoms with Crippen molar-refractivity contribution in [3.8, 4) is 0 Å². The van der Waals surface area contributed by atoms with E-state index in [1.807, 2.05) is 17.6 Å². The van der Waals surface area contributed by atoms with E-state index in [4.69, 9.17) is 5.73 Å².